The lowest BCUT2D eigenvalue weighted by Gasteiger charge is -2.10. The third-order valence-corrected chi connectivity index (χ3v) is 5.80. The molecule has 0 radical (unpaired) electrons. The number of benzene rings is 2. The number of aryl methyl sites for hydroxylation is 1. The van der Waals surface area contributed by atoms with Crippen molar-refractivity contribution in [2.75, 3.05) is 11.9 Å². The van der Waals surface area contributed by atoms with Gasteiger partial charge in [0, 0.05) is 23.1 Å². The van der Waals surface area contributed by atoms with Crippen LogP contribution in [0.25, 0.3) is 11.1 Å². The van der Waals surface area contributed by atoms with E-state index in [1.54, 1.807) is 12.3 Å². The summed E-state index contributed by atoms with van der Waals surface area (Å²) in [6.45, 7) is 3.92. The molecule has 0 saturated heterocycles. The molecule has 0 spiro atoms. The standard InChI is InChI=1S/C22H19ClN2O5S/c1-3-13-5-7-14(8-6-13)17-12-31-21(19(17)22(27)30-4-2)24-20(26)16-11-15(25(28)29)9-10-18(16)23/h5-12H,3-4H2,1-2H3,(H,24,26). The van der Waals surface area contributed by atoms with Gasteiger partial charge in [-0.2, -0.15) is 0 Å². The van der Waals surface area contributed by atoms with Crippen LogP contribution in [0.2, 0.25) is 5.02 Å². The van der Waals surface area contributed by atoms with E-state index in [0.717, 1.165) is 35.0 Å². The number of hydrogen-bond acceptors (Lipinski definition) is 6. The lowest BCUT2D eigenvalue weighted by atomic mass is 10.0. The van der Waals surface area contributed by atoms with Gasteiger partial charge >= 0.3 is 5.97 Å². The topological polar surface area (TPSA) is 98.5 Å². The van der Waals surface area contributed by atoms with Crippen LogP contribution in [0, 0.1) is 10.1 Å². The van der Waals surface area contributed by atoms with Crippen LogP contribution in [0.1, 0.15) is 40.1 Å². The zero-order valence-electron chi connectivity index (χ0n) is 16.8. The molecule has 0 aliphatic rings. The third kappa shape index (κ3) is 4.92. The number of nitrogens with one attached hydrogen (secondary N) is 1. The Labute approximate surface area is 187 Å². The number of carbonyl (C=O) groups is 2. The Morgan fingerprint density at radius 3 is 2.48 bits per heavy atom. The predicted molar refractivity (Wildman–Crippen MR) is 121 cm³/mol. The molecule has 0 unspecified atom stereocenters. The minimum Gasteiger partial charge on any atom is -0.462 e. The van der Waals surface area contributed by atoms with Crippen LogP contribution in [0.15, 0.2) is 47.8 Å². The molecule has 0 saturated carbocycles. The molecule has 9 heteroatoms. The second-order valence-electron chi connectivity index (χ2n) is 6.50. The van der Waals surface area contributed by atoms with Crippen molar-refractivity contribution < 1.29 is 19.2 Å². The van der Waals surface area contributed by atoms with Gasteiger partial charge in [0.1, 0.15) is 10.6 Å². The normalized spacial score (nSPS) is 10.5. The van der Waals surface area contributed by atoms with Crippen molar-refractivity contribution in [1.29, 1.82) is 0 Å². The maximum Gasteiger partial charge on any atom is 0.341 e. The summed E-state index contributed by atoms with van der Waals surface area (Å²) >= 11 is 7.24. The highest BCUT2D eigenvalue weighted by Crippen LogP contribution is 2.37. The van der Waals surface area contributed by atoms with Crippen molar-refractivity contribution >= 4 is 45.5 Å². The second-order valence-corrected chi connectivity index (χ2v) is 7.79. The van der Waals surface area contributed by atoms with E-state index in [1.807, 2.05) is 24.3 Å². The number of esters is 1. The largest absolute Gasteiger partial charge is 0.462 e. The molecule has 0 aliphatic carbocycles. The molecular weight excluding hydrogens is 440 g/mol. The molecule has 3 rings (SSSR count). The smallest absolute Gasteiger partial charge is 0.341 e. The quantitative estimate of drug-likeness (QED) is 0.267. The van der Waals surface area contributed by atoms with Gasteiger partial charge < -0.3 is 10.1 Å². The summed E-state index contributed by atoms with van der Waals surface area (Å²) < 4.78 is 5.20. The first-order valence-electron chi connectivity index (χ1n) is 9.48. The van der Waals surface area contributed by atoms with Gasteiger partial charge in [0.15, 0.2) is 0 Å². The second kappa shape index (κ2) is 9.72. The van der Waals surface area contributed by atoms with Gasteiger partial charge in [-0.05, 0) is 30.5 Å². The number of halogens is 1. The summed E-state index contributed by atoms with van der Waals surface area (Å²) in [5.74, 6) is -1.23. The van der Waals surface area contributed by atoms with Gasteiger partial charge in [-0.3, -0.25) is 14.9 Å². The van der Waals surface area contributed by atoms with Crippen molar-refractivity contribution in [3.63, 3.8) is 0 Å². The van der Waals surface area contributed by atoms with E-state index < -0.39 is 16.8 Å². The Hall–Kier alpha value is -3.23. The number of thiophene rings is 1. The average Bonchev–Trinajstić information content (AvgIpc) is 3.17. The first-order valence-corrected chi connectivity index (χ1v) is 10.7. The van der Waals surface area contributed by atoms with Crippen LogP contribution < -0.4 is 5.32 Å². The monoisotopic (exact) mass is 458 g/mol. The lowest BCUT2D eigenvalue weighted by molar-refractivity contribution is -0.384. The Bertz CT molecular complexity index is 1140. The Kier molecular flexibility index (Phi) is 7.04. The van der Waals surface area contributed by atoms with Crippen LogP contribution in [0.3, 0.4) is 0 Å². The van der Waals surface area contributed by atoms with Gasteiger partial charge in [0.2, 0.25) is 0 Å². The molecule has 1 N–H and O–H groups in total. The maximum atomic E-state index is 12.8. The average molecular weight is 459 g/mol. The number of nitro benzene ring substituents is 1. The molecule has 1 aromatic heterocycles. The van der Waals surface area contributed by atoms with Crippen LogP contribution in [0.5, 0.6) is 0 Å². The fourth-order valence-corrected chi connectivity index (χ4v) is 4.12. The van der Waals surface area contributed by atoms with Crippen molar-refractivity contribution in [3.8, 4) is 11.1 Å². The van der Waals surface area contributed by atoms with Crippen LogP contribution in [-0.2, 0) is 11.2 Å². The minimum atomic E-state index is -0.658. The molecule has 3 aromatic rings. The number of non-ortho nitro benzene ring substituents is 1. The van der Waals surface area contributed by atoms with Crippen molar-refractivity contribution in [3.05, 3.63) is 79.7 Å². The zero-order valence-corrected chi connectivity index (χ0v) is 18.4. The fraction of sp³-hybridized carbons (Fsp3) is 0.182. The van der Waals surface area contributed by atoms with E-state index in [-0.39, 0.29) is 33.4 Å². The fourth-order valence-electron chi connectivity index (χ4n) is 2.96. The van der Waals surface area contributed by atoms with E-state index >= 15 is 0 Å². The van der Waals surface area contributed by atoms with Gasteiger partial charge in [-0.25, -0.2) is 4.79 Å². The Balaban J connectivity index is 2.00. The molecule has 0 aliphatic heterocycles. The van der Waals surface area contributed by atoms with Crippen molar-refractivity contribution in [1.82, 2.24) is 0 Å². The molecule has 0 fully saturated rings. The summed E-state index contributed by atoms with van der Waals surface area (Å²) in [6, 6.07) is 11.4. The third-order valence-electron chi connectivity index (χ3n) is 4.58. The summed E-state index contributed by atoms with van der Waals surface area (Å²) in [7, 11) is 0. The SMILES string of the molecule is CCOC(=O)c1c(-c2ccc(CC)cc2)csc1NC(=O)c1cc([N+](=O)[O-])ccc1Cl. The van der Waals surface area contributed by atoms with Crippen LogP contribution in [-0.4, -0.2) is 23.4 Å². The number of carbonyl (C=O) groups excluding carboxylic acids is 2. The maximum absolute atomic E-state index is 12.8. The number of ether oxygens (including phenoxy) is 1. The highest BCUT2D eigenvalue weighted by Gasteiger charge is 2.24. The lowest BCUT2D eigenvalue weighted by Crippen LogP contribution is -2.15. The van der Waals surface area contributed by atoms with E-state index in [9.17, 15) is 19.7 Å². The summed E-state index contributed by atoms with van der Waals surface area (Å²) in [5, 5.41) is 15.8. The summed E-state index contributed by atoms with van der Waals surface area (Å²) in [6.07, 6.45) is 0.889. The van der Waals surface area contributed by atoms with Gasteiger partial charge in [-0.15, -0.1) is 11.3 Å². The highest BCUT2D eigenvalue weighted by atomic mass is 35.5. The number of hydrogen-bond donors (Lipinski definition) is 1. The van der Waals surface area contributed by atoms with E-state index in [1.165, 1.54) is 12.1 Å². The molecule has 160 valence electrons. The Morgan fingerprint density at radius 2 is 1.87 bits per heavy atom. The molecule has 2 aromatic carbocycles. The first-order chi connectivity index (χ1) is 14.8. The van der Waals surface area contributed by atoms with Crippen LogP contribution in [0.4, 0.5) is 10.7 Å². The number of nitro groups is 1. The first kappa shape index (κ1) is 22.5. The number of nitrogens with zero attached hydrogens (tertiary/aromatic N) is 1. The molecular formula is C22H19ClN2O5S. The van der Waals surface area contributed by atoms with Crippen molar-refractivity contribution in [2.45, 2.75) is 20.3 Å². The van der Waals surface area contributed by atoms with Gasteiger partial charge in [-0.1, -0.05) is 42.8 Å². The number of rotatable bonds is 7. The minimum absolute atomic E-state index is 0.0621. The Morgan fingerprint density at radius 1 is 1.16 bits per heavy atom. The number of anilines is 1. The molecule has 31 heavy (non-hydrogen) atoms. The summed E-state index contributed by atoms with van der Waals surface area (Å²) in [5.41, 5.74) is 2.50. The van der Waals surface area contributed by atoms with E-state index in [2.05, 4.69) is 12.2 Å². The zero-order chi connectivity index (χ0) is 22.5. The van der Waals surface area contributed by atoms with E-state index in [4.69, 9.17) is 16.3 Å². The van der Waals surface area contributed by atoms with Gasteiger partial charge in [0.05, 0.1) is 22.1 Å². The molecule has 7 nitrogen and oxygen atoms in total. The van der Waals surface area contributed by atoms with Gasteiger partial charge in [0.25, 0.3) is 11.6 Å². The highest BCUT2D eigenvalue weighted by molar-refractivity contribution is 7.15. The molecule has 0 atom stereocenters. The molecule has 0 bridgehead atoms. The summed E-state index contributed by atoms with van der Waals surface area (Å²) in [4.78, 5) is 35.9. The molecule has 1 amide bonds. The van der Waals surface area contributed by atoms with Crippen molar-refractivity contribution in [2.24, 2.45) is 0 Å². The van der Waals surface area contributed by atoms with Crippen LogP contribution >= 0.6 is 22.9 Å². The molecule has 1 heterocycles. The van der Waals surface area contributed by atoms with E-state index in [0.29, 0.717) is 5.56 Å². The predicted octanol–water partition coefficient (Wildman–Crippen LogP) is 5.97. The number of amides is 1.